The highest BCUT2D eigenvalue weighted by molar-refractivity contribution is 7.18. The smallest absolute Gasteiger partial charge is 0.150 e. The summed E-state index contributed by atoms with van der Waals surface area (Å²) < 4.78 is 13.4. The normalized spacial score (nSPS) is 16.9. The largest absolute Gasteiger partial charge is 0.298 e. The maximum atomic E-state index is 12.3. The number of alkyl halides is 1. The van der Waals surface area contributed by atoms with Gasteiger partial charge in [-0.3, -0.25) is 14.1 Å². The third-order valence-electron chi connectivity index (χ3n) is 3.20. The molecule has 94 valence electrons. The number of benzene rings is 1. The van der Waals surface area contributed by atoms with Gasteiger partial charge in [0.15, 0.2) is 0 Å². The van der Waals surface area contributed by atoms with E-state index in [1.54, 1.807) is 17.4 Å². The quantitative estimate of drug-likeness (QED) is 0.796. The molecule has 0 N–H and O–H groups in total. The Balaban J connectivity index is 1.75. The van der Waals surface area contributed by atoms with Crippen LogP contribution in [0.25, 0.3) is 10.2 Å². The molecular weight excluding hydrogens is 251 g/mol. The standard InChI is InChI=1S/C13H13FN2OS/c14-4-10-5-16(6-10)7-13-15-11-3-9(8-17)1-2-12(11)18-13/h1-3,8,10H,4-7H2. The van der Waals surface area contributed by atoms with Crippen LogP contribution in [0, 0.1) is 5.92 Å². The van der Waals surface area contributed by atoms with Gasteiger partial charge >= 0.3 is 0 Å². The van der Waals surface area contributed by atoms with Crippen molar-refractivity contribution in [3.05, 3.63) is 28.8 Å². The van der Waals surface area contributed by atoms with E-state index in [4.69, 9.17) is 0 Å². The van der Waals surface area contributed by atoms with Gasteiger partial charge in [-0.2, -0.15) is 0 Å². The lowest BCUT2D eigenvalue weighted by molar-refractivity contribution is 0.0738. The van der Waals surface area contributed by atoms with Crippen LogP contribution in [0.15, 0.2) is 18.2 Å². The Kier molecular flexibility index (Phi) is 3.09. The van der Waals surface area contributed by atoms with Crippen LogP contribution in [0.4, 0.5) is 4.39 Å². The van der Waals surface area contributed by atoms with Crippen molar-refractivity contribution in [1.82, 2.24) is 9.88 Å². The van der Waals surface area contributed by atoms with Crippen LogP contribution in [0.3, 0.4) is 0 Å². The first kappa shape index (κ1) is 11.7. The Hall–Kier alpha value is -1.33. The minimum atomic E-state index is -0.223. The van der Waals surface area contributed by atoms with Crippen LogP contribution in [0.5, 0.6) is 0 Å². The molecule has 1 aliphatic heterocycles. The van der Waals surface area contributed by atoms with E-state index in [0.717, 1.165) is 41.1 Å². The monoisotopic (exact) mass is 264 g/mol. The molecule has 1 saturated heterocycles. The molecule has 0 saturated carbocycles. The van der Waals surface area contributed by atoms with Gasteiger partial charge in [-0.1, -0.05) is 6.07 Å². The maximum Gasteiger partial charge on any atom is 0.150 e. The van der Waals surface area contributed by atoms with Crippen molar-refractivity contribution in [2.45, 2.75) is 6.54 Å². The van der Waals surface area contributed by atoms with E-state index >= 15 is 0 Å². The summed E-state index contributed by atoms with van der Waals surface area (Å²) in [4.78, 5) is 17.4. The van der Waals surface area contributed by atoms with Crippen molar-refractivity contribution in [3.63, 3.8) is 0 Å². The lowest BCUT2D eigenvalue weighted by Gasteiger charge is -2.36. The summed E-state index contributed by atoms with van der Waals surface area (Å²) in [5.74, 6) is 0.209. The first-order valence-corrected chi connectivity index (χ1v) is 6.73. The molecule has 0 radical (unpaired) electrons. The first-order chi connectivity index (χ1) is 8.78. The molecule has 1 aliphatic rings. The molecule has 1 fully saturated rings. The van der Waals surface area contributed by atoms with Gasteiger partial charge in [0.1, 0.15) is 11.3 Å². The molecule has 2 heterocycles. The van der Waals surface area contributed by atoms with Crippen LogP contribution in [-0.4, -0.2) is 35.9 Å². The highest BCUT2D eigenvalue weighted by Crippen LogP contribution is 2.26. The van der Waals surface area contributed by atoms with Gasteiger partial charge in [-0.25, -0.2) is 4.98 Å². The number of hydrogen-bond donors (Lipinski definition) is 0. The van der Waals surface area contributed by atoms with Crippen LogP contribution in [0.1, 0.15) is 15.4 Å². The van der Waals surface area contributed by atoms with Crippen LogP contribution in [0.2, 0.25) is 0 Å². The number of aromatic nitrogens is 1. The Labute approximate surface area is 108 Å². The molecule has 2 aromatic rings. The van der Waals surface area contributed by atoms with E-state index in [2.05, 4.69) is 9.88 Å². The number of halogens is 1. The number of aldehydes is 1. The molecule has 5 heteroatoms. The highest BCUT2D eigenvalue weighted by atomic mass is 32.1. The van der Waals surface area contributed by atoms with Crippen LogP contribution >= 0.6 is 11.3 Å². The van der Waals surface area contributed by atoms with Crippen LogP contribution in [-0.2, 0) is 6.54 Å². The average Bonchev–Trinajstić information content (AvgIpc) is 2.74. The predicted molar refractivity (Wildman–Crippen MR) is 69.7 cm³/mol. The lowest BCUT2D eigenvalue weighted by atomic mass is 10.0. The number of carbonyl (C=O) groups excluding carboxylic acids is 1. The number of likely N-dealkylation sites (tertiary alicyclic amines) is 1. The fourth-order valence-electron chi connectivity index (χ4n) is 2.23. The molecule has 1 aromatic carbocycles. The fourth-order valence-corrected chi connectivity index (χ4v) is 3.22. The summed E-state index contributed by atoms with van der Waals surface area (Å²) in [6, 6.07) is 5.55. The Morgan fingerprint density at radius 2 is 2.33 bits per heavy atom. The van der Waals surface area contributed by atoms with Crippen molar-refractivity contribution in [2.24, 2.45) is 5.92 Å². The van der Waals surface area contributed by atoms with Crippen molar-refractivity contribution >= 4 is 27.8 Å². The summed E-state index contributed by atoms with van der Waals surface area (Å²) in [7, 11) is 0. The molecule has 3 rings (SSSR count). The minimum absolute atomic E-state index is 0.209. The molecule has 0 atom stereocenters. The number of rotatable bonds is 4. The van der Waals surface area contributed by atoms with Crippen molar-refractivity contribution < 1.29 is 9.18 Å². The SMILES string of the molecule is O=Cc1ccc2sc(CN3CC(CF)C3)nc2c1. The predicted octanol–water partition coefficient (Wildman–Crippen LogP) is 2.51. The maximum absolute atomic E-state index is 12.3. The van der Waals surface area contributed by atoms with Gasteiger partial charge in [0, 0.05) is 24.6 Å². The fraction of sp³-hybridized carbons (Fsp3) is 0.385. The van der Waals surface area contributed by atoms with E-state index in [1.807, 2.05) is 12.1 Å². The minimum Gasteiger partial charge on any atom is -0.298 e. The van der Waals surface area contributed by atoms with Crippen LogP contribution < -0.4 is 0 Å². The highest BCUT2D eigenvalue weighted by Gasteiger charge is 2.26. The summed E-state index contributed by atoms with van der Waals surface area (Å²) in [5, 5.41) is 1.03. The Morgan fingerprint density at radius 1 is 1.50 bits per heavy atom. The molecule has 3 nitrogen and oxygen atoms in total. The molecule has 0 unspecified atom stereocenters. The average molecular weight is 264 g/mol. The zero-order valence-electron chi connectivity index (χ0n) is 9.80. The molecular formula is C13H13FN2OS. The van der Waals surface area contributed by atoms with Gasteiger partial charge in [-0.15, -0.1) is 11.3 Å². The third-order valence-corrected chi connectivity index (χ3v) is 4.22. The lowest BCUT2D eigenvalue weighted by Crippen LogP contribution is -2.46. The molecule has 0 bridgehead atoms. The summed E-state index contributed by atoms with van der Waals surface area (Å²) in [5.41, 5.74) is 1.53. The molecule has 0 amide bonds. The molecule has 18 heavy (non-hydrogen) atoms. The van der Waals surface area contributed by atoms with Gasteiger partial charge in [0.2, 0.25) is 0 Å². The second kappa shape index (κ2) is 4.74. The molecule has 1 aromatic heterocycles. The third kappa shape index (κ3) is 2.15. The van der Waals surface area contributed by atoms with Crippen molar-refractivity contribution in [1.29, 1.82) is 0 Å². The summed E-state index contributed by atoms with van der Waals surface area (Å²) in [6.07, 6.45) is 0.833. The number of nitrogens with zero attached hydrogens (tertiary/aromatic N) is 2. The van der Waals surface area contributed by atoms with E-state index in [-0.39, 0.29) is 12.6 Å². The second-order valence-electron chi connectivity index (χ2n) is 4.67. The van der Waals surface area contributed by atoms with E-state index in [9.17, 15) is 9.18 Å². The summed E-state index contributed by atoms with van der Waals surface area (Å²) in [6.45, 7) is 2.21. The second-order valence-corrected chi connectivity index (χ2v) is 5.78. The van der Waals surface area contributed by atoms with Gasteiger partial charge in [-0.05, 0) is 12.1 Å². The summed E-state index contributed by atoms with van der Waals surface area (Å²) >= 11 is 1.64. The van der Waals surface area contributed by atoms with E-state index < -0.39 is 0 Å². The Morgan fingerprint density at radius 3 is 3.06 bits per heavy atom. The molecule has 0 aliphatic carbocycles. The number of fused-ring (bicyclic) bond motifs is 1. The van der Waals surface area contributed by atoms with E-state index in [1.165, 1.54) is 0 Å². The van der Waals surface area contributed by atoms with Crippen molar-refractivity contribution in [2.75, 3.05) is 19.8 Å². The van der Waals surface area contributed by atoms with Crippen molar-refractivity contribution in [3.8, 4) is 0 Å². The topological polar surface area (TPSA) is 33.2 Å². The number of hydrogen-bond acceptors (Lipinski definition) is 4. The zero-order chi connectivity index (χ0) is 12.5. The number of carbonyl (C=O) groups is 1. The first-order valence-electron chi connectivity index (χ1n) is 5.91. The van der Waals surface area contributed by atoms with Gasteiger partial charge < -0.3 is 0 Å². The zero-order valence-corrected chi connectivity index (χ0v) is 10.6. The van der Waals surface area contributed by atoms with Gasteiger partial charge in [0.05, 0.1) is 23.4 Å². The van der Waals surface area contributed by atoms with E-state index in [0.29, 0.717) is 5.56 Å². The number of thiazole rings is 1. The molecule has 0 spiro atoms. The Bertz CT molecular complexity index is 577. The van der Waals surface area contributed by atoms with Gasteiger partial charge in [0.25, 0.3) is 0 Å².